The molecule has 1 amide bonds. The highest BCUT2D eigenvalue weighted by atomic mass is 79.9. The van der Waals surface area contributed by atoms with Crippen LogP contribution in [0.1, 0.15) is 30.6 Å². The first-order valence-corrected chi connectivity index (χ1v) is 11.3. The first kappa shape index (κ1) is 21.0. The predicted octanol–water partition coefficient (Wildman–Crippen LogP) is 4.51. The van der Waals surface area contributed by atoms with Gasteiger partial charge in [-0.05, 0) is 54.7 Å². The molecule has 1 fully saturated rings. The lowest BCUT2D eigenvalue weighted by atomic mass is 9.94. The molecular formula is C20H22BrFN2O3S. The summed E-state index contributed by atoms with van der Waals surface area (Å²) in [4.78, 5) is 12.6. The van der Waals surface area contributed by atoms with Gasteiger partial charge < -0.3 is 5.32 Å². The fraction of sp³-hybridized carbons (Fsp3) is 0.350. The highest BCUT2D eigenvalue weighted by Crippen LogP contribution is 2.27. The third-order valence-electron chi connectivity index (χ3n) is 4.75. The van der Waals surface area contributed by atoms with Gasteiger partial charge >= 0.3 is 0 Å². The van der Waals surface area contributed by atoms with Gasteiger partial charge in [0.25, 0.3) is 5.91 Å². The van der Waals surface area contributed by atoms with E-state index < -0.39 is 21.7 Å². The molecule has 1 aliphatic heterocycles. The van der Waals surface area contributed by atoms with Crippen LogP contribution in [-0.4, -0.2) is 31.7 Å². The lowest BCUT2D eigenvalue weighted by Gasteiger charge is -2.34. The molecule has 1 heterocycles. The molecule has 0 aromatic heterocycles. The van der Waals surface area contributed by atoms with Gasteiger partial charge in [0, 0.05) is 23.1 Å². The molecule has 0 spiro atoms. The Morgan fingerprint density at radius 1 is 1.14 bits per heavy atom. The van der Waals surface area contributed by atoms with Crippen LogP contribution >= 0.6 is 15.9 Å². The Bertz CT molecular complexity index is 987. The molecule has 1 saturated heterocycles. The molecule has 2 atom stereocenters. The average molecular weight is 469 g/mol. The van der Waals surface area contributed by atoms with Gasteiger partial charge in [-0.15, -0.1) is 0 Å². The van der Waals surface area contributed by atoms with E-state index in [2.05, 4.69) is 21.2 Å². The predicted molar refractivity (Wildman–Crippen MR) is 110 cm³/mol. The average Bonchev–Trinajstić information content (AvgIpc) is 2.63. The zero-order chi connectivity index (χ0) is 20.5. The van der Waals surface area contributed by atoms with E-state index in [1.807, 2.05) is 13.8 Å². The Morgan fingerprint density at radius 3 is 2.46 bits per heavy atom. The normalized spacial score (nSPS) is 20.7. The van der Waals surface area contributed by atoms with Gasteiger partial charge in [0.2, 0.25) is 10.0 Å². The summed E-state index contributed by atoms with van der Waals surface area (Å²) in [5, 5.41) is 2.48. The number of hydrogen-bond donors (Lipinski definition) is 1. The van der Waals surface area contributed by atoms with Gasteiger partial charge in [-0.3, -0.25) is 4.79 Å². The van der Waals surface area contributed by atoms with Gasteiger partial charge in [0.1, 0.15) is 5.82 Å². The monoisotopic (exact) mass is 468 g/mol. The van der Waals surface area contributed by atoms with Crippen LogP contribution in [0.25, 0.3) is 0 Å². The van der Waals surface area contributed by atoms with Crippen molar-refractivity contribution in [3.63, 3.8) is 0 Å². The number of piperidine rings is 1. The molecule has 1 N–H and O–H groups in total. The maximum atomic E-state index is 14.0. The first-order chi connectivity index (χ1) is 13.2. The van der Waals surface area contributed by atoms with Crippen molar-refractivity contribution in [3.8, 4) is 0 Å². The third-order valence-corrected chi connectivity index (χ3v) is 7.07. The topological polar surface area (TPSA) is 66.5 Å². The molecule has 28 heavy (non-hydrogen) atoms. The number of benzene rings is 2. The van der Waals surface area contributed by atoms with Crippen molar-refractivity contribution in [2.75, 3.05) is 18.4 Å². The molecule has 2 aromatic carbocycles. The van der Waals surface area contributed by atoms with E-state index in [1.54, 1.807) is 6.07 Å². The summed E-state index contributed by atoms with van der Waals surface area (Å²) in [6, 6.07) is 10.1. The number of amides is 1. The number of rotatable bonds is 4. The number of sulfonamides is 1. The molecule has 150 valence electrons. The van der Waals surface area contributed by atoms with Gasteiger partial charge in [-0.1, -0.05) is 35.8 Å². The molecule has 1 aliphatic rings. The van der Waals surface area contributed by atoms with Crippen LogP contribution in [0, 0.1) is 17.7 Å². The van der Waals surface area contributed by atoms with Crippen molar-refractivity contribution in [1.29, 1.82) is 0 Å². The Hall–Kier alpha value is -1.77. The standard InChI is InChI=1S/C20H22BrFN2O3S/c1-13-8-14(2)12-24(11-13)28(26,27)17-5-3-4-15(9-17)20(25)23-19-7-6-16(21)10-18(19)22/h3-7,9-10,13-14H,8,11-12H2,1-2H3,(H,23,25). The van der Waals surface area contributed by atoms with E-state index in [1.165, 1.54) is 40.7 Å². The SMILES string of the molecule is CC1CC(C)CN(S(=O)(=O)c2cccc(C(=O)Nc3ccc(Br)cc3F)c2)C1. The summed E-state index contributed by atoms with van der Waals surface area (Å²) < 4.78 is 42.1. The number of nitrogens with zero attached hydrogens (tertiary/aromatic N) is 1. The number of nitrogens with one attached hydrogen (secondary N) is 1. The lowest BCUT2D eigenvalue weighted by Crippen LogP contribution is -2.42. The summed E-state index contributed by atoms with van der Waals surface area (Å²) in [6.07, 6.45) is 0.993. The maximum absolute atomic E-state index is 14.0. The van der Waals surface area contributed by atoms with Crippen molar-refractivity contribution in [2.24, 2.45) is 11.8 Å². The van der Waals surface area contributed by atoms with Crippen molar-refractivity contribution in [3.05, 3.63) is 58.3 Å². The molecule has 3 rings (SSSR count). The third kappa shape index (κ3) is 4.61. The van der Waals surface area contributed by atoms with Gasteiger partial charge in [0.05, 0.1) is 10.6 Å². The molecular weight excluding hydrogens is 447 g/mol. The minimum Gasteiger partial charge on any atom is -0.319 e. The Balaban J connectivity index is 1.84. The zero-order valence-corrected chi connectivity index (χ0v) is 18.1. The number of carbonyl (C=O) groups is 1. The molecule has 8 heteroatoms. The highest BCUT2D eigenvalue weighted by molar-refractivity contribution is 9.10. The fourth-order valence-electron chi connectivity index (χ4n) is 3.53. The molecule has 5 nitrogen and oxygen atoms in total. The minimum atomic E-state index is -3.70. The Kier molecular flexibility index (Phi) is 6.21. The van der Waals surface area contributed by atoms with Crippen LogP contribution in [0.15, 0.2) is 51.8 Å². The second-order valence-corrected chi connectivity index (χ2v) is 10.2. The van der Waals surface area contributed by atoms with E-state index in [-0.39, 0.29) is 28.0 Å². The number of anilines is 1. The summed E-state index contributed by atoms with van der Waals surface area (Å²) in [7, 11) is -3.70. The maximum Gasteiger partial charge on any atom is 0.255 e. The fourth-order valence-corrected chi connectivity index (χ4v) is 5.59. The number of halogens is 2. The van der Waals surface area contributed by atoms with E-state index in [4.69, 9.17) is 0 Å². The van der Waals surface area contributed by atoms with Crippen molar-refractivity contribution in [2.45, 2.75) is 25.2 Å². The van der Waals surface area contributed by atoms with Crippen LogP contribution in [0.5, 0.6) is 0 Å². The van der Waals surface area contributed by atoms with E-state index in [0.717, 1.165) is 6.42 Å². The molecule has 0 radical (unpaired) electrons. The zero-order valence-electron chi connectivity index (χ0n) is 15.7. The quantitative estimate of drug-likeness (QED) is 0.717. The second kappa shape index (κ2) is 8.31. The Morgan fingerprint density at radius 2 is 1.82 bits per heavy atom. The molecule has 0 aliphatic carbocycles. The van der Waals surface area contributed by atoms with E-state index in [9.17, 15) is 17.6 Å². The summed E-state index contributed by atoms with van der Waals surface area (Å²) in [5.74, 6) is -0.586. The van der Waals surface area contributed by atoms with E-state index >= 15 is 0 Å². The number of carbonyl (C=O) groups excluding carboxylic acids is 1. The van der Waals surface area contributed by atoms with Gasteiger partial charge in [0.15, 0.2) is 0 Å². The molecule has 0 saturated carbocycles. The van der Waals surface area contributed by atoms with Crippen LogP contribution in [0.4, 0.5) is 10.1 Å². The van der Waals surface area contributed by atoms with Crippen molar-refractivity contribution < 1.29 is 17.6 Å². The Labute approximate surface area is 173 Å². The molecule has 2 unspecified atom stereocenters. The van der Waals surface area contributed by atoms with E-state index in [0.29, 0.717) is 17.6 Å². The van der Waals surface area contributed by atoms with Crippen LogP contribution < -0.4 is 5.32 Å². The van der Waals surface area contributed by atoms with Crippen LogP contribution in [-0.2, 0) is 10.0 Å². The van der Waals surface area contributed by atoms with Crippen LogP contribution in [0.2, 0.25) is 0 Å². The minimum absolute atomic E-state index is 0.0279. The lowest BCUT2D eigenvalue weighted by molar-refractivity contribution is 0.102. The molecule has 0 bridgehead atoms. The number of hydrogen-bond acceptors (Lipinski definition) is 3. The summed E-state index contributed by atoms with van der Waals surface area (Å²) in [5.41, 5.74) is 0.182. The van der Waals surface area contributed by atoms with Gasteiger partial charge in [-0.2, -0.15) is 4.31 Å². The second-order valence-electron chi connectivity index (χ2n) is 7.37. The smallest absolute Gasteiger partial charge is 0.255 e. The largest absolute Gasteiger partial charge is 0.319 e. The van der Waals surface area contributed by atoms with Crippen LogP contribution in [0.3, 0.4) is 0 Å². The molecule has 2 aromatic rings. The summed E-state index contributed by atoms with van der Waals surface area (Å²) in [6.45, 7) is 5.00. The van der Waals surface area contributed by atoms with Crippen molar-refractivity contribution >= 4 is 37.5 Å². The highest BCUT2D eigenvalue weighted by Gasteiger charge is 2.32. The van der Waals surface area contributed by atoms with Gasteiger partial charge in [-0.25, -0.2) is 12.8 Å². The summed E-state index contributed by atoms with van der Waals surface area (Å²) >= 11 is 3.16. The van der Waals surface area contributed by atoms with Crippen molar-refractivity contribution in [1.82, 2.24) is 4.31 Å². The first-order valence-electron chi connectivity index (χ1n) is 9.03.